The molecule has 0 radical (unpaired) electrons. The number of hydrogen-bond donors (Lipinski definition) is 2. The average molecular weight is 396 g/mol. The first-order valence-electron chi connectivity index (χ1n) is 10.1. The molecule has 1 aliphatic heterocycles. The van der Waals surface area contributed by atoms with Crippen LogP contribution in [0.5, 0.6) is 5.75 Å². The summed E-state index contributed by atoms with van der Waals surface area (Å²) in [7, 11) is 0. The first kappa shape index (κ1) is 19.4. The van der Waals surface area contributed by atoms with Gasteiger partial charge in [-0.1, -0.05) is 12.1 Å². The number of rotatable bonds is 2. The Morgan fingerprint density at radius 3 is 2.72 bits per heavy atom. The molecular formula is C23H25FN2O3. The van der Waals surface area contributed by atoms with Crippen molar-refractivity contribution in [1.29, 1.82) is 0 Å². The molecule has 2 aromatic rings. The van der Waals surface area contributed by atoms with Crippen molar-refractivity contribution < 1.29 is 19.1 Å². The van der Waals surface area contributed by atoms with Crippen molar-refractivity contribution in [2.24, 2.45) is 0 Å². The summed E-state index contributed by atoms with van der Waals surface area (Å²) in [5, 5.41) is 13.7. The molecule has 2 aliphatic rings. The summed E-state index contributed by atoms with van der Waals surface area (Å²) >= 11 is 0. The summed E-state index contributed by atoms with van der Waals surface area (Å²) in [5.41, 5.74) is 3.74. The van der Waals surface area contributed by atoms with E-state index in [1.54, 1.807) is 17.0 Å². The van der Waals surface area contributed by atoms with Crippen LogP contribution in [-0.4, -0.2) is 28.4 Å². The number of halogens is 1. The van der Waals surface area contributed by atoms with Gasteiger partial charge in [-0.25, -0.2) is 4.39 Å². The molecule has 2 aromatic carbocycles. The quantitative estimate of drug-likeness (QED) is 0.814. The zero-order chi connectivity index (χ0) is 20.5. The van der Waals surface area contributed by atoms with Crippen molar-refractivity contribution >= 4 is 11.8 Å². The Hall–Kier alpha value is -2.89. The Morgan fingerprint density at radius 1 is 1.14 bits per heavy atom. The fourth-order valence-corrected chi connectivity index (χ4v) is 4.42. The fraction of sp³-hybridized carbons (Fsp3) is 0.391. The Kier molecular flexibility index (Phi) is 5.26. The van der Waals surface area contributed by atoms with E-state index < -0.39 is 0 Å². The smallest absolute Gasteiger partial charge is 0.255 e. The van der Waals surface area contributed by atoms with Crippen LogP contribution in [0, 0.1) is 5.82 Å². The molecule has 0 bridgehead atoms. The summed E-state index contributed by atoms with van der Waals surface area (Å²) < 4.78 is 13.8. The number of aromatic hydroxyl groups is 1. The Bertz CT molecular complexity index is 973. The van der Waals surface area contributed by atoms with Gasteiger partial charge in [0.2, 0.25) is 5.91 Å². The van der Waals surface area contributed by atoms with Gasteiger partial charge in [-0.2, -0.15) is 0 Å². The highest BCUT2D eigenvalue weighted by Crippen LogP contribution is 2.33. The van der Waals surface area contributed by atoms with E-state index in [-0.39, 0.29) is 35.0 Å². The third kappa shape index (κ3) is 3.84. The monoisotopic (exact) mass is 396 g/mol. The van der Waals surface area contributed by atoms with Gasteiger partial charge in [-0.05, 0) is 72.6 Å². The van der Waals surface area contributed by atoms with E-state index in [0.29, 0.717) is 25.1 Å². The lowest BCUT2D eigenvalue weighted by Crippen LogP contribution is -2.31. The molecule has 0 aromatic heterocycles. The third-order valence-electron chi connectivity index (χ3n) is 6.03. The normalized spacial score (nSPS) is 18.4. The van der Waals surface area contributed by atoms with Gasteiger partial charge in [0.1, 0.15) is 11.6 Å². The molecule has 5 nitrogen and oxygen atoms in total. The lowest BCUT2D eigenvalue weighted by molar-refractivity contribution is -0.129. The molecule has 0 spiro atoms. The molecule has 4 rings (SSSR count). The second-order valence-corrected chi connectivity index (χ2v) is 7.90. The number of phenolic OH excluding ortho intramolecular Hbond substituents is 1. The summed E-state index contributed by atoms with van der Waals surface area (Å²) in [6.07, 6.45) is 4.33. The zero-order valence-electron chi connectivity index (χ0n) is 16.5. The molecule has 0 saturated heterocycles. The van der Waals surface area contributed by atoms with Crippen molar-refractivity contribution in [3.63, 3.8) is 0 Å². The highest BCUT2D eigenvalue weighted by Gasteiger charge is 2.27. The second-order valence-electron chi connectivity index (χ2n) is 7.90. The van der Waals surface area contributed by atoms with Crippen LogP contribution in [0.15, 0.2) is 30.3 Å². The number of hydrogen-bond acceptors (Lipinski definition) is 3. The number of amides is 2. The molecule has 2 amide bonds. The van der Waals surface area contributed by atoms with Crippen LogP contribution < -0.4 is 5.32 Å². The summed E-state index contributed by atoms with van der Waals surface area (Å²) in [5.74, 6) is -0.739. The molecular weight excluding hydrogens is 371 g/mol. The Balaban J connectivity index is 1.62. The minimum absolute atomic E-state index is 0.0676. The summed E-state index contributed by atoms with van der Waals surface area (Å²) in [6.45, 7) is 2.27. The molecule has 1 heterocycles. The van der Waals surface area contributed by atoms with Crippen LogP contribution in [0.3, 0.4) is 0 Å². The maximum atomic E-state index is 13.8. The minimum atomic E-state index is -0.369. The number of nitrogens with one attached hydrogen (secondary N) is 1. The largest absolute Gasteiger partial charge is 0.507 e. The van der Waals surface area contributed by atoms with Gasteiger partial charge in [-0.3, -0.25) is 9.59 Å². The van der Waals surface area contributed by atoms with E-state index in [1.807, 2.05) is 6.07 Å². The van der Waals surface area contributed by atoms with Crippen LogP contribution in [0.25, 0.3) is 0 Å². The number of aryl methyl sites for hydroxylation is 1. The molecule has 2 N–H and O–H groups in total. The zero-order valence-corrected chi connectivity index (χ0v) is 16.5. The van der Waals surface area contributed by atoms with Crippen LogP contribution in [0.4, 0.5) is 4.39 Å². The van der Waals surface area contributed by atoms with Crippen molar-refractivity contribution in [2.75, 3.05) is 6.54 Å². The highest BCUT2D eigenvalue weighted by molar-refractivity contribution is 5.97. The first-order chi connectivity index (χ1) is 13.9. The van der Waals surface area contributed by atoms with E-state index in [9.17, 15) is 19.1 Å². The van der Waals surface area contributed by atoms with Crippen molar-refractivity contribution in [2.45, 2.75) is 51.6 Å². The number of phenols is 1. The van der Waals surface area contributed by atoms with E-state index in [4.69, 9.17) is 0 Å². The molecule has 1 atom stereocenters. The molecule has 0 saturated carbocycles. The maximum Gasteiger partial charge on any atom is 0.255 e. The van der Waals surface area contributed by atoms with E-state index >= 15 is 0 Å². The lowest BCUT2D eigenvalue weighted by Gasteiger charge is -2.22. The van der Waals surface area contributed by atoms with E-state index in [2.05, 4.69) is 5.32 Å². The average Bonchev–Trinajstić information content (AvgIpc) is 2.87. The van der Waals surface area contributed by atoms with Crippen molar-refractivity contribution in [1.82, 2.24) is 10.2 Å². The van der Waals surface area contributed by atoms with Gasteiger partial charge in [0.25, 0.3) is 5.91 Å². The second kappa shape index (κ2) is 7.85. The molecule has 0 unspecified atom stereocenters. The fourth-order valence-electron chi connectivity index (χ4n) is 4.42. The van der Waals surface area contributed by atoms with Crippen LogP contribution in [0.1, 0.15) is 64.8 Å². The predicted octanol–water partition coefficient (Wildman–Crippen LogP) is 3.63. The van der Waals surface area contributed by atoms with Crippen LogP contribution >= 0.6 is 0 Å². The van der Waals surface area contributed by atoms with Crippen molar-refractivity contribution in [3.8, 4) is 5.75 Å². The Labute approximate surface area is 169 Å². The third-order valence-corrected chi connectivity index (χ3v) is 6.03. The maximum absolute atomic E-state index is 13.8. The van der Waals surface area contributed by atoms with E-state index in [0.717, 1.165) is 42.4 Å². The SMILES string of the molecule is CC(=O)N1CC[C@@H](NC(=O)c2ccc3c(c2O)CCCC3)c2ccc(F)cc2C1. The van der Waals surface area contributed by atoms with Crippen LogP contribution in [-0.2, 0) is 24.2 Å². The van der Waals surface area contributed by atoms with Gasteiger partial charge in [0, 0.05) is 20.0 Å². The number of fused-ring (bicyclic) bond motifs is 2. The number of benzene rings is 2. The lowest BCUT2D eigenvalue weighted by atomic mass is 9.89. The van der Waals surface area contributed by atoms with E-state index in [1.165, 1.54) is 19.1 Å². The highest BCUT2D eigenvalue weighted by atomic mass is 19.1. The molecule has 1 aliphatic carbocycles. The molecule has 29 heavy (non-hydrogen) atoms. The number of carbonyl (C=O) groups excluding carboxylic acids is 2. The molecule has 6 heteroatoms. The standard InChI is InChI=1S/C23H25FN2O3/c1-14(27)26-11-10-21(18-9-7-17(24)12-16(18)13-26)25-23(29)20-8-6-15-4-2-3-5-19(15)22(20)28/h6-9,12,21,28H,2-5,10-11,13H2,1H3,(H,25,29)/t21-/m1/s1. The molecule has 0 fully saturated rings. The number of nitrogens with zero attached hydrogens (tertiary/aromatic N) is 1. The van der Waals surface area contributed by atoms with Gasteiger partial charge < -0.3 is 15.3 Å². The minimum Gasteiger partial charge on any atom is -0.507 e. The van der Waals surface area contributed by atoms with Gasteiger partial charge in [0.15, 0.2) is 0 Å². The van der Waals surface area contributed by atoms with Gasteiger partial charge in [0.05, 0.1) is 11.6 Å². The summed E-state index contributed by atoms with van der Waals surface area (Å²) in [4.78, 5) is 26.5. The Morgan fingerprint density at radius 2 is 1.93 bits per heavy atom. The number of carbonyl (C=O) groups is 2. The van der Waals surface area contributed by atoms with Crippen molar-refractivity contribution in [3.05, 3.63) is 64.0 Å². The topological polar surface area (TPSA) is 69.6 Å². The summed E-state index contributed by atoms with van der Waals surface area (Å²) in [6, 6.07) is 7.71. The first-order valence-corrected chi connectivity index (χ1v) is 10.1. The molecule has 152 valence electrons. The van der Waals surface area contributed by atoms with Crippen LogP contribution in [0.2, 0.25) is 0 Å². The van der Waals surface area contributed by atoms with Gasteiger partial charge >= 0.3 is 0 Å². The predicted molar refractivity (Wildman–Crippen MR) is 107 cm³/mol. The van der Waals surface area contributed by atoms with Gasteiger partial charge in [-0.15, -0.1) is 0 Å².